The maximum Gasteiger partial charge on any atom is 0.338 e. The van der Waals surface area contributed by atoms with E-state index in [0.717, 1.165) is 11.3 Å². The molecule has 0 bridgehead atoms. The number of thiazole rings is 1. The van der Waals surface area contributed by atoms with Crippen LogP contribution in [0.25, 0.3) is 5.57 Å². The van der Waals surface area contributed by atoms with E-state index in [4.69, 9.17) is 25.8 Å². The van der Waals surface area contributed by atoms with Gasteiger partial charge in [-0.15, -0.1) is 0 Å². The van der Waals surface area contributed by atoms with Crippen LogP contribution in [0.5, 0.6) is 5.75 Å². The second-order valence-corrected chi connectivity index (χ2v) is 11.2. The van der Waals surface area contributed by atoms with E-state index in [1.807, 2.05) is 0 Å². The number of benzene rings is 2. The van der Waals surface area contributed by atoms with E-state index in [1.54, 1.807) is 70.2 Å². The molecular formula is C30H28ClN3O7S. The predicted octanol–water partition coefficient (Wildman–Crippen LogP) is 3.13. The molecule has 2 aromatic carbocycles. The molecule has 42 heavy (non-hydrogen) atoms. The molecule has 0 fully saturated rings. The zero-order chi connectivity index (χ0) is 30.3. The maximum absolute atomic E-state index is 14.3. The molecule has 0 saturated heterocycles. The van der Waals surface area contributed by atoms with Gasteiger partial charge in [0.15, 0.2) is 4.80 Å². The number of allylic oxidation sites excluding steroid dienone is 1. The highest BCUT2D eigenvalue weighted by Gasteiger charge is 2.39. The summed E-state index contributed by atoms with van der Waals surface area (Å²) in [5, 5.41) is 0.372. The number of hydrogen-bond acceptors (Lipinski definition) is 9. The first-order valence-corrected chi connectivity index (χ1v) is 14.4. The van der Waals surface area contributed by atoms with Gasteiger partial charge in [-0.2, -0.15) is 0 Å². The van der Waals surface area contributed by atoms with Gasteiger partial charge in [0.2, 0.25) is 0 Å². The van der Waals surface area contributed by atoms with Crippen LogP contribution in [0.2, 0.25) is 5.02 Å². The lowest BCUT2D eigenvalue weighted by Gasteiger charge is -2.26. The van der Waals surface area contributed by atoms with Crippen molar-refractivity contribution in [3.63, 3.8) is 0 Å². The van der Waals surface area contributed by atoms with Crippen molar-refractivity contribution < 1.29 is 28.6 Å². The van der Waals surface area contributed by atoms with Gasteiger partial charge in [0.25, 0.3) is 11.5 Å². The summed E-state index contributed by atoms with van der Waals surface area (Å²) in [7, 11) is 1.48. The van der Waals surface area contributed by atoms with E-state index in [9.17, 15) is 19.2 Å². The first-order valence-electron chi connectivity index (χ1n) is 13.2. The van der Waals surface area contributed by atoms with Gasteiger partial charge in [-0.1, -0.05) is 41.1 Å². The number of amides is 1. The minimum atomic E-state index is -1.00. The Morgan fingerprint density at radius 1 is 1.14 bits per heavy atom. The fourth-order valence-corrected chi connectivity index (χ4v) is 6.43. The summed E-state index contributed by atoms with van der Waals surface area (Å²) in [6.45, 7) is 6.66. The quantitative estimate of drug-likeness (QED) is 0.378. The molecule has 2 aliphatic heterocycles. The molecule has 0 spiro atoms. The van der Waals surface area contributed by atoms with Crippen molar-refractivity contribution in [1.29, 1.82) is 0 Å². The van der Waals surface area contributed by atoms with Crippen LogP contribution < -0.4 is 24.5 Å². The Kier molecular flexibility index (Phi) is 8.07. The lowest BCUT2D eigenvalue weighted by Crippen LogP contribution is -2.41. The summed E-state index contributed by atoms with van der Waals surface area (Å²) in [5.74, 6) is -1.32. The van der Waals surface area contributed by atoms with E-state index in [2.05, 4.69) is 4.99 Å². The largest absolute Gasteiger partial charge is 0.496 e. The predicted molar refractivity (Wildman–Crippen MR) is 157 cm³/mol. The van der Waals surface area contributed by atoms with Gasteiger partial charge in [-0.05, 0) is 52.0 Å². The Hall–Kier alpha value is -4.22. The molecule has 3 heterocycles. The van der Waals surface area contributed by atoms with Crippen LogP contribution in [0.1, 0.15) is 44.9 Å². The Balaban J connectivity index is 1.79. The van der Waals surface area contributed by atoms with Crippen molar-refractivity contribution in [2.75, 3.05) is 25.2 Å². The number of rotatable bonds is 7. The second-order valence-electron chi connectivity index (χ2n) is 9.83. The Bertz CT molecular complexity index is 1840. The molecule has 12 heteroatoms. The van der Waals surface area contributed by atoms with Crippen molar-refractivity contribution in [2.24, 2.45) is 4.99 Å². The smallest absolute Gasteiger partial charge is 0.338 e. The number of esters is 2. The lowest BCUT2D eigenvalue weighted by atomic mass is 9.95. The summed E-state index contributed by atoms with van der Waals surface area (Å²) in [5.41, 5.74) is 1.55. The van der Waals surface area contributed by atoms with Gasteiger partial charge < -0.3 is 14.2 Å². The summed E-state index contributed by atoms with van der Waals surface area (Å²) >= 11 is 7.41. The standard InChI is InChI=1S/C30H28ClN3O7S/c1-6-40-22(35)14-33-20-10-8-7-9-18(20)24(27(33)36)26-28(37)34-25(19-13-17(31)11-12-21(19)39-5)23(29(38)41-15(2)3)16(4)32-30(34)42-26/h7-13,15,25H,6,14H2,1-5H3/b26-24-/t25-/m1/s1. The van der Waals surface area contributed by atoms with Crippen molar-refractivity contribution in [1.82, 2.24) is 4.57 Å². The number of carbonyl (C=O) groups is 3. The zero-order valence-electron chi connectivity index (χ0n) is 23.6. The average Bonchev–Trinajstić information content (AvgIpc) is 3.40. The molecule has 218 valence electrons. The fraction of sp³-hybridized carbons (Fsp3) is 0.300. The monoisotopic (exact) mass is 609 g/mol. The topological polar surface area (TPSA) is 116 Å². The fourth-order valence-electron chi connectivity index (χ4n) is 5.12. The highest BCUT2D eigenvalue weighted by atomic mass is 35.5. The third kappa shape index (κ3) is 5.03. The number of anilines is 1. The van der Waals surface area contributed by atoms with E-state index in [0.29, 0.717) is 33.3 Å². The molecule has 1 aromatic heterocycles. The van der Waals surface area contributed by atoms with Gasteiger partial charge in [0.05, 0.1) is 42.4 Å². The summed E-state index contributed by atoms with van der Waals surface area (Å²) in [6.07, 6.45) is -0.426. The lowest BCUT2D eigenvalue weighted by molar-refractivity contribution is -0.143. The third-order valence-corrected chi connectivity index (χ3v) is 8.08. The molecule has 0 aliphatic carbocycles. The summed E-state index contributed by atoms with van der Waals surface area (Å²) in [6, 6.07) is 10.9. The number of fused-ring (bicyclic) bond motifs is 2. The van der Waals surface area contributed by atoms with Crippen molar-refractivity contribution >= 4 is 52.0 Å². The number of nitrogens with zero attached hydrogens (tertiary/aromatic N) is 3. The number of methoxy groups -OCH3 is 1. The van der Waals surface area contributed by atoms with Crippen molar-refractivity contribution in [3.8, 4) is 5.75 Å². The Labute approximate surface area is 250 Å². The van der Waals surface area contributed by atoms with E-state index < -0.39 is 35.6 Å². The van der Waals surface area contributed by atoms with Gasteiger partial charge in [-0.25, -0.2) is 9.79 Å². The van der Waals surface area contributed by atoms with Crippen LogP contribution >= 0.6 is 22.9 Å². The van der Waals surface area contributed by atoms with Crippen molar-refractivity contribution in [2.45, 2.75) is 39.8 Å². The summed E-state index contributed by atoms with van der Waals surface area (Å²) < 4.78 is 17.7. The Morgan fingerprint density at radius 2 is 1.88 bits per heavy atom. The maximum atomic E-state index is 14.3. The minimum absolute atomic E-state index is 0.120. The molecule has 0 radical (unpaired) electrons. The normalized spacial score (nSPS) is 17.2. The van der Waals surface area contributed by atoms with Crippen molar-refractivity contribution in [3.05, 3.63) is 89.6 Å². The number of ether oxygens (including phenoxy) is 3. The number of carbonyl (C=O) groups excluding carboxylic acids is 3. The van der Waals surface area contributed by atoms with Gasteiger partial charge in [-0.3, -0.25) is 23.9 Å². The van der Waals surface area contributed by atoms with Gasteiger partial charge in [0.1, 0.15) is 22.9 Å². The Morgan fingerprint density at radius 3 is 2.57 bits per heavy atom. The number of halogens is 1. The number of hydrogen-bond donors (Lipinski definition) is 0. The average molecular weight is 610 g/mol. The molecule has 3 aromatic rings. The SMILES string of the molecule is CCOC(=O)CN1C(=O)/C(=c2\sc3n(c2=O)[C@H](c2cc(Cl)ccc2OC)C(C(=O)OC(C)C)=C(C)N=3)c2ccccc21. The second kappa shape index (κ2) is 11.6. The molecule has 0 unspecified atom stereocenters. The third-order valence-electron chi connectivity index (χ3n) is 6.79. The van der Waals surface area contributed by atoms with E-state index in [1.165, 1.54) is 16.6 Å². The molecule has 5 rings (SSSR count). The molecule has 2 aliphatic rings. The van der Waals surface area contributed by atoms with Crippen LogP contribution in [-0.2, 0) is 23.9 Å². The van der Waals surface area contributed by atoms with Crippen LogP contribution in [-0.4, -0.2) is 48.8 Å². The highest BCUT2D eigenvalue weighted by Crippen LogP contribution is 2.38. The molecule has 1 atom stereocenters. The summed E-state index contributed by atoms with van der Waals surface area (Å²) in [4.78, 5) is 60.1. The molecule has 0 N–H and O–H groups in total. The molecule has 0 saturated carbocycles. The molecule has 1 amide bonds. The van der Waals surface area contributed by atoms with Crippen LogP contribution in [0.4, 0.5) is 5.69 Å². The van der Waals surface area contributed by atoms with Crippen LogP contribution in [0, 0.1) is 0 Å². The minimum Gasteiger partial charge on any atom is -0.496 e. The first-order chi connectivity index (χ1) is 20.1. The number of aromatic nitrogens is 1. The number of para-hydroxylation sites is 1. The first kappa shape index (κ1) is 29.3. The van der Waals surface area contributed by atoms with E-state index >= 15 is 0 Å². The van der Waals surface area contributed by atoms with Crippen LogP contribution in [0.15, 0.2) is 63.5 Å². The van der Waals surface area contributed by atoms with Gasteiger partial charge >= 0.3 is 11.9 Å². The van der Waals surface area contributed by atoms with Gasteiger partial charge in [0, 0.05) is 16.1 Å². The van der Waals surface area contributed by atoms with Crippen LogP contribution in [0.3, 0.4) is 0 Å². The molecular weight excluding hydrogens is 582 g/mol. The van der Waals surface area contributed by atoms with E-state index in [-0.39, 0.29) is 33.6 Å². The molecule has 10 nitrogen and oxygen atoms in total. The zero-order valence-corrected chi connectivity index (χ0v) is 25.2. The highest BCUT2D eigenvalue weighted by molar-refractivity contribution is 7.07.